The van der Waals surface area contributed by atoms with E-state index in [1.807, 2.05) is 0 Å². The number of anilines is 2. The lowest BCUT2D eigenvalue weighted by Gasteiger charge is -2.13. The molecule has 0 spiro atoms. The molecule has 4 rings (SSSR count). The van der Waals surface area contributed by atoms with E-state index in [4.69, 9.17) is 10.5 Å². The van der Waals surface area contributed by atoms with Crippen molar-refractivity contribution in [3.05, 3.63) is 59.6 Å². The van der Waals surface area contributed by atoms with Gasteiger partial charge in [0.25, 0.3) is 12.3 Å². The number of rotatable bonds is 11. The zero-order valence-electron chi connectivity index (χ0n) is 21.0. The highest BCUT2D eigenvalue weighted by Gasteiger charge is 2.38. The van der Waals surface area contributed by atoms with Crippen LogP contribution in [-0.2, 0) is 17.5 Å². The predicted octanol–water partition coefficient (Wildman–Crippen LogP) is 3.77. The Bertz CT molecular complexity index is 1480. The van der Waals surface area contributed by atoms with Gasteiger partial charge in [0, 0.05) is 37.4 Å². The summed E-state index contributed by atoms with van der Waals surface area (Å²) in [5, 5.41) is 8.72. The number of halogens is 6. The van der Waals surface area contributed by atoms with E-state index in [9.17, 15) is 31.1 Å². The first-order valence-electron chi connectivity index (χ1n) is 11.9. The summed E-state index contributed by atoms with van der Waals surface area (Å²) in [4.78, 5) is 20.7. The maximum absolute atomic E-state index is 14.9. The zero-order valence-corrected chi connectivity index (χ0v) is 21.0. The van der Waals surface area contributed by atoms with Crippen molar-refractivity contribution in [2.24, 2.45) is 5.73 Å². The molecule has 0 atom stereocenters. The maximum Gasteiger partial charge on any atom is 0.435 e. The largest absolute Gasteiger partial charge is 0.435 e. The van der Waals surface area contributed by atoms with Crippen LogP contribution in [0.5, 0.6) is 0 Å². The SMILES string of the molecule is Cc1cc(Nc2nccn3c(-c4cn(CC(F)F)nc4C(F)(F)F)cnc23)cc(F)c1C(=O)NCCOCCN. The van der Waals surface area contributed by atoms with Gasteiger partial charge in [0.05, 0.1) is 36.2 Å². The standard InChI is InChI=1S/C24H24F6N8O2/c1-13-8-14(9-16(25)19(13)23(39)33-4-7-40-6-2-31)35-21-22-34-10-17(38(22)5-3-32-21)15-11-37(12-18(26)27)36-20(15)24(28,29)30/h3,5,8-11,18H,2,4,6-7,12,31H2,1H3,(H,32,35)(H,33,39). The third-order valence-electron chi connectivity index (χ3n) is 5.63. The molecular formula is C24H24F6N8O2. The van der Waals surface area contributed by atoms with Crippen LogP contribution in [0.4, 0.5) is 37.8 Å². The van der Waals surface area contributed by atoms with E-state index in [0.717, 1.165) is 18.5 Å². The van der Waals surface area contributed by atoms with Gasteiger partial charge < -0.3 is 21.1 Å². The van der Waals surface area contributed by atoms with Crippen molar-refractivity contribution in [1.29, 1.82) is 0 Å². The number of amides is 1. The molecule has 3 heterocycles. The van der Waals surface area contributed by atoms with Gasteiger partial charge in [0.1, 0.15) is 12.4 Å². The van der Waals surface area contributed by atoms with Crippen LogP contribution in [0.25, 0.3) is 16.9 Å². The Morgan fingerprint density at radius 3 is 2.65 bits per heavy atom. The number of aromatic nitrogens is 5. The quantitative estimate of drug-likeness (QED) is 0.185. The molecule has 0 fully saturated rings. The highest BCUT2D eigenvalue weighted by molar-refractivity contribution is 5.96. The maximum atomic E-state index is 14.9. The van der Waals surface area contributed by atoms with E-state index in [1.165, 1.54) is 29.8 Å². The Morgan fingerprint density at radius 2 is 1.98 bits per heavy atom. The topological polar surface area (TPSA) is 124 Å². The number of hydrogen-bond donors (Lipinski definition) is 3. The molecule has 4 aromatic rings. The van der Waals surface area contributed by atoms with E-state index < -0.39 is 42.1 Å². The lowest BCUT2D eigenvalue weighted by Crippen LogP contribution is -2.29. The third kappa shape index (κ3) is 6.34. The molecular weight excluding hydrogens is 546 g/mol. The average Bonchev–Trinajstić information content (AvgIpc) is 3.48. The molecule has 0 aliphatic heterocycles. The molecule has 0 saturated heterocycles. The van der Waals surface area contributed by atoms with Crippen LogP contribution in [0.2, 0.25) is 0 Å². The van der Waals surface area contributed by atoms with Crippen LogP contribution in [0.3, 0.4) is 0 Å². The summed E-state index contributed by atoms with van der Waals surface area (Å²) in [6.07, 6.45) is -3.22. The van der Waals surface area contributed by atoms with E-state index in [-0.39, 0.29) is 41.6 Å². The number of imidazole rings is 1. The van der Waals surface area contributed by atoms with Crippen LogP contribution >= 0.6 is 0 Å². The summed E-state index contributed by atoms with van der Waals surface area (Å²) >= 11 is 0. The summed E-state index contributed by atoms with van der Waals surface area (Å²) in [5.41, 5.74) is 3.86. The molecule has 0 bridgehead atoms. The van der Waals surface area contributed by atoms with Gasteiger partial charge in [-0.1, -0.05) is 0 Å². The van der Waals surface area contributed by atoms with Gasteiger partial charge >= 0.3 is 6.18 Å². The molecule has 4 N–H and O–H groups in total. The van der Waals surface area contributed by atoms with E-state index in [2.05, 4.69) is 25.7 Å². The monoisotopic (exact) mass is 570 g/mol. The Hall–Kier alpha value is -4.18. The summed E-state index contributed by atoms with van der Waals surface area (Å²) in [6, 6.07) is 2.56. The minimum Gasteiger partial charge on any atom is -0.378 e. The molecule has 0 aliphatic rings. The Labute approximate surface area is 223 Å². The first-order chi connectivity index (χ1) is 19.0. The van der Waals surface area contributed by atoms with E-state index >= 15 is 0 Å². The highest BCUT2D eigenvalue weighted by Crippen LogP contribution is 2.37. The number of nitrogens with two attached hydrogens (primary N) is 1. The smallest absolute Gasteiger partial charge is 0.378 e. The lowest BCUT2D eigenvalue weighted by molar-refractivity contribution is -0.141. The average molecular weight is 570 g/mol. The number of ether oxygens (including phenoxy) is 1. The number of carbonyl (C=O) groups excluding carboxylic acids is 1. The molecule has 16 heteroatoms. The number of benzene rings is 1. The van der Waals surface area contributed by atoms with Crippen molar-refractivity contribution in [2.45, 2.75) is 26.1 Å². The summed E-state index contributed by atoms with van der Waals surface area (Å²) in [5.74, 6) is -1.39. The number of fused-ring (bicyclic) bond motifs is 1. The number of carbonyl (C=O) groups is 1. The highest BCUT2D eigenvalue weighted by atomic mass is 19.4. The molecule has 10 nitrogen and oxygen atoms in total. The molecule has 214 valence electrons. The van der Waals surface area contributed by atoms with Gasteiger partial charge in [-0.15, -0.1) is 0 Å². The number of hydrogen-bond acceptors (Lipinski definition) is 7. The number of aryl methyl sites for hydroxylation is 1. The van der Waals surface area contributed by atoms with Crippen molar-refractivity contribution in [2.75, 3.05) is 31.6 Å². The van der Waals surface area contributed by atoms with Crippen molar-refractivity contribution in [3.63, 3.8) is 0 Å². The van der Waals surface area contributed by atoms with Gasteiger partial charge in [0.2, 0.25) is 0 Å². The van der Waals surface area contributed by atoms with Crippen LogP contribution in [-0.4, -0.2) is 62.8 Å². The van der Waals surface area contributed by atoms with E-state index in [0.29, 0.717) is 23.4 Å². The first kappa shape index (κ1) is 28.8. The second-order valence-corrected chi connectivity index (χ2v) is 8.55. The van der Waals surface area contributed by atoms with E-state index in [1.54, 1.807) is 0 Å². The fourth-order valence-corrected chi connectivity index (χ4v) is 4.01. The molecule has 0 radical (unpaired) electrons. The summed E-state index contributed by atoms with van der Waals surface area (Å²) in [6.45, 7) is 1.54. The fourth-order valence-electron chi connectivity index (χ4n) is 4.01. The van der Waals surface area contributed by atoms with Crippen LogP contribution in [0, 0.1) is 12.7 Å². The number of nitrogens with one attached hydrogen (secondary N) is 2. The van der Waals surface area contributed by atoms with Crippen molar-refractivity contribution >= 4 is 23.1 Å². The molecule has 1 amide bonds. The van der Waals surface area contributed by atoms with Crippen molar-refractivity contribution < 1.29 is 35.9 Å². The molecule has 3 aromatic heterocycles. The second-order valence-electron chi connectivity index (χ2n) is 8.55. The summed E-state index contributed by atoms with van der Waals surface area (Å²) in [7, 11) is 0. The van der Waals surface area contributed by atoms with Gasteiger partial charge in [-0.2, -0.15) is 18.3 Å². The number of alkyl halides is 5. The molecule has 0 saturated carbocycles. The van der Waals surface area contributed by atoms with Crippen LogP contribution < -0.4 is 16.4 Å². The third-order valence-corrected chi connectivity index (χ3v) is 5.63. The summed E-state index contributed by atoms with van der Waals surface area (Å²) < 4.78 is 88.4. The first-order valence-corrected chi connectivity index (χ1v) is 11.9. The molecule has 1 aromatic carbocycles. The van der Waals surface area contributed by atoms with Gasteiger partial charge in [-0.05, 0) is 24.6 Å². The Balaban J connectivity index is 1.61. The normalized spacial score (nSPS) is 11.9. The molecule has 0 unspecified atom stereocenters. The fraction of sp³-hybridized carbons (Fsp3) is 0.333. The molecule has 40 heavy (non-hydrogen) atoms. The lowest BCUT2D eigenvalue weighted by atomic mass is 10.1. The minimum absolute atomic E-state index is 0.0651. The van der Waals surface area contributed by atoms with Crippen molar-refractivity contribution in [1.82, 2.24) is 29.5 Å². The molecule has 0 aliphatic carbocycles. The zero-order chi connectivity index (χ0) is 29.0. The van der Waals surface area contributed by atoms with Crippen LogP contribution in [0.15, 0.2) is 36.9 Å². The Morgan fingerprint density at radius 1 is 1.20 bits per heavy atom. The second kappa shape index (κ2) is 11.9. The van der Waals surface area contributed by atoms with Gasteiger partial charge in [0.15, 0.2) is 17.2 Å². The predicted molar refractivity (Wildman–Crippen MR) is 132 cm³/mol. The Kier molecular flexibility index (Phi) is 8.58. The minimum atomic E-state index is -4.92. The van der Waals surface area contributed by atoms with Gasteiger partial charge in [-0.3, -0.25) is 13.9 Å². The van der Waals surface area contributed by atoms with Crippen LogP contribution in [0.1, 0.15) is 21.6 Å². The van der Waals surface area contributed by atoms with Crippen molar-refractivity contribution in [3.8, 4) is 11.3 Å². The van der Waals surface area contributed by atoms with Gasteiger partial charge in [-0.25, -0.2) is 23.1 Å². The number of nitrogens with zero attached hydrogens (tertiary/aromatic N) is 5.